The molecule has 0 bridgehead atoms. The Hall–Kier alpha value is -1.19. The SMILES string of the molecule is CNCc1ccc(F)c(S(=O)(=O)NCCC(F)(F)F)c1. The van der Waals surface area contributed by atoms with Crippen LogP contribution < -0.4 is 10.0 Å². The Morgan fingerprint density at radius 2 is 1.90 bits per heavy atom. The van der Waals surface area contributed by atoms with Crippen LogP contribution in [0.3, 0.4) is 0 Å². The fraction of sp³-hybridized carbons (Fsp3) is 0.455. The molecule has 0 saturated heterocycles. The minimum atomic E-state index is -4.48. The van der Waals surface area contributed by atoms with E-state index in [9.17, 15) is 26.0 Å². The number of hydrogen-bond acceptors (Lipinski definition) is 3. The molecule has 0 spiro atoms. The highest BCUT2D eigenvalue weighted by Crippen LogP contribution is 2.20. The summed E-state index contributed by atoms with van der Waals surface area (Å²) in [6.07, 6.45) is -5.79. The van der Waals surface area contributed by atoms with Crippen molar-refractivity contribution in [2.75, 3.05) is 13.6 Å². The summed E-state index contributed by atoms with van der Waals surface area (Å²) in [5, 5.41) is 2.76. The molecule has 1 aromatic carbocycles. The molecule has 0 aliphatic carbocycles. The van der Waals surface area contributed by atoms with E-state index >= 15 is 0 Å². The molecular formula is C11H14F4N2O2S. The Labute approximate surface area is 114 Å². The van der Waals surface area contributed by atoms with Gasteiger partial charge in [0.1, 0.15) is 10.7 Å². The molecule has 2 N–H and O–H groups in total. The summed E-state index contributed by atoms with van der Waals surface area (Å²) < 4.78 is 74.6. The van der Waals surface area contributed by atoms with E-state index in [1.807, 2.05) is 0 Å². The van der Waals surface area contributed by atoms with Crippen molar-refractivity contribution in [1.82, 2.24) is 10.0 Å². The van der Waals surface area contributed by atoms with Gasteiger partial charge < -0.3 is 5.32 Å². The minimum Gasteiger partial charge on any atom is -0.316 e. The maximum Gasteiger partial charge on any atom is 0.390 e. The first-order valence-corrected chi connectivity index (χ1v) is 7.13. The Balaban J connectivity index is 2.89. The van der Waals surface area contributed by atoms with E-state index < -0.39 is 39.9 Å². The number of nitrogens with one attached hydrogen (secondary N) is 2. The van der Waals surface area contributed by atoms with Crippen LogP contribution in [0.15, 0.2) is 23.1 Å². The van der Waals surface area contributed by atoms with Gasteiger partial charge in [0.2, 0.25) is 10.0 Å². The van der Waals surface area contributed by atoms with E-state index in [1.165, 1.54) is 6.07 Å². The summed E-state index contributed by atoms with van der Waals surface area (Å²) in [6, 6.07) is 3.44. The Bertz CT molecular complexity index is 558. The van der Waals surface area contributed by atoms with Crippen molar-refractivity contribution in [1.29, 1.82) is 0 Å². The standard InChI is InChI=1S/C11H14F4N2O2S/c1-16-7-8-2-3-9(12)10(6-8)20(18,19)17-5-4-11(13,14)15/h2-3,6,16-17H,4-5,7H2,1H3. The number of sulfonamides is 1. The first-order valence-electron chi connectivity index (χ1n) is 5.65. The maximum absolute atomic E-state index is 13.5. The number of hydrogen-bond donors (Lipinski definition) is 2. The average Bonchev–Trinajstić information content (AvgIpc) is 2.29. The zero-order valence-electron chi connectivity index (χ0n) is 10.6. The van der Waals surface area contributed by atoms with Gasteiger partial charge in [0, 0.05) is 13.1 Å². The maximum atomic E-state index is 13.5. The highest BCUT2D eigenvalue weighted by molar-refractivity contribution is 7.89. The van der Waals surface area contributed by atoms with Crippen LogP contribution >= 0.6 is 0 Å². The van der Waals surface area contributed by atoms with Crippen LogP contribution in [0.4, 0.5) is 17.6 Å². The fourth-order valence-electron chi connectivity index (χ4n) is 1.47. The normalized spacial score (nSPS) is 12.7. The smallest absolute Gasteiger partial charge is 0.316 e. The summed E-state index contributed by atoms with van der Waals surface area (Å²) in [5.41, 5.74) is 0.505. The predicted octanol–water partition coefficient (Wildman–Crippen LogP) is 1.78. The summed E-state index contributed by atoms with van der Waals surface area (Å²) in [6.45, 7) is -0.521. The molecule has 0 unspecified atom stereocenters. The number of halogens is 4. The molecule has 114 valence electrons. The van der Waals surface area contributed by atoms with Crippen molar-refractivity contribution < 1.29 is 26.0 Å². The molecule has 1 rings (SSSR count). The van der Waals surface area contributed by atoms with Gasteiger partial charge in [0.05, 0.1) is 6.42 Å². The van der Waals surface area contributed by atoms with Crippen LogP contribution in [0.5, 0.6) is 0 Å². The lowest BCUT2D eigenvalue weighted by molar-refractivity contribution is -0.132. The first kappa shape index (κ1) is 16.9. The average molecular weight is 314 g/mol. The van der Waals surface area contributed by atoms with Gasteiger partial charge in [-0.2, -0.15) is 13.2 Å². The second-order valence-electron chi connectivity index (χ2n) is 4.06. The Kier molecular flexibility index (Phi) is 5.49. The molecule has 0 saturated carbocycles. The zero-order valence-corrected chi connectivity index (χ0v) is 11.4. The molecule has 0 aromatic heterocycles. The molecule has 0 atom stereocenters. The van der Waals surface area contributed by atoms with Crippen molar-refractivity contribution in [2.24, 2.45) is 0 Å². The topological polar surface area (TPSA) is 58.2 Å². The lowest BCUT2D eigenvalue weighted by Crippen LogP contribution is -2.29. The quantitative estimate of drug-likeness (QED) is 0.787. The number of alkyl halides is 3. The second kappa shape index (κ2) is 6.51. The van der Waals surface area contributed by atoms with E-state index in [4.69, 9.17) is 0 Å². The summed E-state index contributed by atoms with van der Waals surface area (Å²) >= 11 is 0. The van der Waals surface area contributed by atoms with E-state index in [0.29, 0.717) is 12.1 Å². The Morgan fingerprint density at radius 1 is 1.25 bits per heavy atom. The highest BCUT2D eigenvalue weighted by atomic mass is 32.2. The predicted molar refractivity (Wildman–Crippen MR) is 65.0 cm³/mol. The number of benzene rings is 1. The second-order valence-corrected chi connectivity index (χ2v) is 5.79. The van der Waals surface area contributed by atoms with Crippen LogP contribution in [0.1, 0.15) is 12.0 Å². The molecule has 1 aromatic rings. The summed E-state index contributed by atoms with van der Waals surface area (Å²) in [5.74, 6) is -1.01. The Morgan fingerprint density at radius 3 is 2.45 bits per heavy atom. The van der Waals surface area contributed by atoms with Gasteiger partial charge in [-0.25, -0.2) is 17.5 Å². The molecule has 0 radical (unpaired) electrons. The molecular weight excluding hydrogens is 300 g/mol. The third kappa shape index (κ3) is 5.06. The minimum absolute atomic E-state index is 0.311. The molecule has 9 heteroatoms. The lowest BCUT2D eigenvalue weighted by Gasteiger charge is -2.10. The zero-order chi connectivity index (χ0) is 15.4. The molecule has 0 amide bonds. The van der Waals surface area contributed by atoms with Crippen LogP contribution in [0.2, 0.25) is 0 Å². The molecule has 20 heavy (non-hydrogen) atoms. The monoisotopic (exact) mass is 314 g/mol. The van der Waals surface area contributed by atoms with Crippen LogP contribution in [0.25, 0.3) is 0 Å². The summed E-state index contributed by atoms with van der Waals surface area (Å²) in [4.78, 5) is -0.660. The lowest BCUT2D eigenvalue weighted by atomic mass is 10.2. The summed E-state index contributed by atoms with van der Waals surface area (Å²) in [7, 11) is -2.68. The third-order valence-electron chi connectivity index (χ3n) is 2.37. The van der Waals surface area contributed by atoms with Gasteiger partial charge in [0.15, 0.2) is 0 Å². The molecule has 0 fully saturated rings. The van der Waals surface area contributed by atoms with Crippen molar-refractivity contribution in [3.05, 3.63) is 29.6 Å². The van der Waals surface area contributed by atoms with Crippen LogP contribution in [0, 0.1) is 5.82 Å². The molecule has 4 nitrogen and oxygen atoms in total. The van der Waals surface area contributed by atoms with Crippen molar-refractivity contribution >= 4 is 10.0 Å². The largest absolute Gasteiger partial charge is 0.390 e. The number of rotatable bonds is 6. The first-order chi connectivity index (χ1) is 9.15. The van der Waals surface area contributed by atoms with Crippen LogP contribution in [-0.2, 0) is 16.6 Å². The van der Waals surface area contributed by atoms with Gasteiger partial charge in [-0.15, -0.1) is 0 Å². The van der Waals surface area contributed by atoms with Crippen LogP contribution in [-0.4, -0.2) is 28.2 Å². The third-order valence-corrected chi connectivity index (χ3v) is 3.84. The van der Waals surface area contributed by atoms with E-state index in [1.54, 1.807) is 11.8 Å². The highest BCUT2D eigenvalue weighted by Gasteiger charge is 2.28. The molecule has 0 aliphatic heterocycles. The van der Waals surface area contributed by atoms with Gasteiger partial charge in [-0.3, -0.25) is 0 Å². The van der Waals surface area contributed by atoms with Gasteiger partial charge in [0.25, 0.3) is 0 Å². The van der Waals surface area contributed by atoms with E-state index in [2.05, 4.69) is 5.32 Å². The fourth-order valence-corrected chi connectivity index (χ4v) is 2.63. The van der Waals surface area contributed by atoms with Crippen molar-refractivity contribution in [3.8, 4) is 0 Å². The van der Waals surface area contributed by atoms with Gasteiger partial charge in [-0.05, 0) is 24.7 Å². The van der Waals surface area contributed by atoms with Gasteiger partial charge in [-0.1, -0.05) is 6.07 Å². The van der Waals surface area contributed by atoms with Crippen molar-refractivity contribution in [2.45, 2.75) is 24.0 Å². The molecule has 0 heterocycles. The van der Waals surface area contributed by atoms with Crippen molar-refractivity contribution in [3.63, 3.8) is 0 Å². The van der Waals surface area contributed by atoms with E-state index in [-0.39, 0.29) is 0 Å². The van der Waals surface area contributed by atoms with E-state index in [0.717, 1.165) is 12.1 Å². The molecule has 0 aliphatic rings. The van der Waals surface area contributed by atoms with Gasteiger partial charge >= 0.3 is 6.18 Å².